The van der Waals surface area contributed by atoms with Gasteiger partial charge in [-0.2, -0.15) is 8.42 Å². The lowest BCUT2D eigenvalue weighted by atomic mass is 10.4. The van der Waals surface area contributed by atoms with E-state index in [1.54, 1.807) is 0 Å². The van der Waals surface area contributed by atoms with Crippen molar-refractivity contribution in [2.24, 2.45) is 5.73 Å². The van der Waals surface area contributed by atoms with Gasteiger partial charge in [-0.15, -0.1) is 0 Å². The summed E-state index contributed by atoms with van der Waals surface area (Å²) in [5.74, 6) is 0. The van der Waals surface area contributed by atoms with Gasteiger partial charge in [0.2, 0.25) is 0 Å². The summed E-state index contributed by atoms with van der Waals surface area (Å²) in [5, 5.41) is 16.3. The Labute approximate surface area is 64.0 Å². The third kappa shape index (κ3) is 41.6. The third-order valence-corrected chi connectivity index (χ3v) is 0.483. The zero-order chi connectivity index (χ0) is 9.49. The van der Waals surface area contributed by atoms with Gasteiger partial charge in [0.15, 0.2) is 0 Å². The maximum Gasteiger partial charge on any atom is 0.394 e. The standard InChI is InChI=1S/C3H9NO2.H2O4S/c4-1-3(6)2-5;1-5(2,3)4/h3,5-6H,1-2,4H2;(H2,1,2,3,4)/t3-;/m0./s1. The first-order valence-electron chi connectivity index (χ1n) is 2.50. The Balaban J connectivity index is 0. The lowest BCUT2D eigenvalue weighted by molar-refractivity contribution is 0.102. The van der Waals surface area contributed by atoms with Crippen molar-refractivity contribution in [2.45, 2.75) is 6.10 Å². The van der Waals surface area contributed by atoms with Crippen LogP contribution in [0.2, 0.25) is 0 Å². The van der Waals surface area contributed by atoms with E-state index in [0.29, 0.717) is 0 Å². The zero-order valence-corrected chi connectivity index (χ0v) is 6.40. The molecule has 0 bridgehead atoms. The van der Waals surface area contributed by atoms with E-state index in [2.05, 4.69) is 0 Å². The second-order valence-electron chi connectivity index (χ2n) is 1.52. The van der Waals surface area contributed by atoms with Gasteiger partial charge < -0.3 is 15.9 Å². The molecule has 0 fully saturated rings. The number of aliphatic hydroxyl groups is 2. The molecule has 11 heavy (non-hydrogen) atoms. The average Bonchev–Trinajstić information content (AvgIpc) is 1.83. The van der Waals surface area contributed by atoms with E-state index in [9.17, 15) is 0 Å². The summed E-state index contributed by atoms with van der Waals surface area (Å²) in [6.07, 6.45) is -0.731. The Bertz CT molecular complexity index is 153. The Morgan fingerprint density at radius 3 is 1.64 bits per heavy atom. The smallest absolute Gasteiger partial charge is 0.394 e. The zero-order valence-electron chi connectivity index (χ0n) is 5.58. The molecule has 0 radical (unpaired) electrons. The Hall–Kier alpha value is -0.250. The van der Waals surface area contributed by atoms with Crippen molar-refractivity contribution < 1.29 is 27.7 Å². The van der Waals surface area contributed by atoms with Gasteiger partial charge in [-0.1, -0.05) is 0 Å². The van der Waals surface area contributed by atoms with Crippen molar-refractivity contribution in [3.05, 3.63) is 0 Å². The number of hydrogen-bond donors (Lipinski definition) is 5. The highest BCUT2D eigenvalue weighted by atomic mass is 32.3. The lowest BCUT2D eigenvalue weighted by Crippen LogP contribution is -2.22. The number of rotatable bonds is 2. The van der Waals surface area contributed by atoms with Gasteiger partial charge in [0.05, 0.1) is 12.7 Å². The summed E-state index contributed by atoms with van der Waals surface area (Å²) in [6, 6.07) is 0. The highest BCUT2D eigenvalue weighted by molar-refractivity contribution is 7.79. The van der Waals surface area contributed by atoms with Crippen LogP contribution in [0.3, 0.4) is 0 Å². The third-order valence-electron chi connectivity index (χ3n) is 0.483. The van der Waals surface area contributed by atoms with Gasteiger partial charge in [0, 0.05) is 6.54 Å². The van der Waals surface area contributed by atoms with E-state index < -0.39 is 16.5 Å². The van der Waals surface area contributed by atoms with Crippen LogP contribution in [0.4, 0.5) is 0 Å². The number of aliphatic hydroxyl groups excluding tert-OH is 2. The summed E-state index contributed by atoms with van der Waals surface area (Å²) < 4.78 is 31.6. The first kappa shape index (κ1) is 13.3. The average molecular weight is 189 g/mol. The molecule has 0 amide bonds. The molecule has 0 aromatic rings. The summed E-state index contributed by atoms with van der Waals surface area (Å²) in [7, 11) is -4.67. The van der Waals surface area contributed by atoms with E-state index in [1.165, 1.54) is 0 Å². The molecule has 7 nitrogen and oxygen atoms in total. The molecule has 0 saturated carbocycles. The summed E-state index contributed by atoms with van der Waals surface area (Å²) in [6.45, 7) is -0.104. The Morgan fingerprint density at radius 1 is 1.36 bits per heavy atom. The fourth-order valence-electron chi connectivity index (χ4n) is 0.0745. The molecule has 0 aliphatic rings. The Kier molecular flexibility index (Phi) is 7.84. The first-order chi connectivity index (χ1) is 4.81. The molecule has 0 aromatic heterocycles. The first-order valence-corrected chi connectivity index (χ1v) is 3.89. The molecule has 0 aliphatic heterocycles. The van der Waals surface area contributed by atoms with Gasteiger partial charge in [-0.25, -0.2) is 0 Å². The second-order valence-corrected chi connectivity index (χ2v) is 2.42. The molecular formula is C3H11NO6S. The normalized spacial score (nSPS) is 13.2. The molecule has 0 aliphatic carbocycles. The van der Waals surface area contributed by atoms with Crippen molar-refractivity contribution in [3.8, 4) is 0 Å². The van der Waals surface area contributed by atoms with E-state index in [1.807, 2.05) is 0 Å². The number of hydrogen-bond acceptors (Lipinski definition) is 5. The SMILES string of the molecule is NC[C@H](O)CO.O=S(=O)(O)O. The van der Waals surface area contributed by atoms with E-state index in [4.69, 9.17) is 33.5 Å². The molecule has 1 atom stereocenters. The van der Waals surface area contributed by atoms with Gasteiger partial charge in [0.25, 0.3) is 0 Å². The van der Waals surface area contributed by atoms with Crippen LogP contribution in [-0.4, -0.2) is 47.0 Å². The van der Waals surface area contributed by atoms with Crippen molar-refractivity contribution in [1.82, 2.24) is 0 Å². The topological polar surface area (TPSA) is 141 Å². The maximum absolute atomic E-state index is 8.74. The minimum Gasteiger partial charge on any atom is -0.394 e. The van der Waals surface area contributed by atoms with Crippen molar-refractivity contribution in [1.29, 1.82) is 0 Å². The molecule has 0 heterocycles. The van der Waals surface area contributed by atoms with Gasteiger partial charge in [-0.3, -0.25) is 9.11 Å². The summed E-state index contributed by atoms with van der Waals surface area (Å²) >= 11 is 0. The fraction of sp³-hybridized carbons (Fsp3) is 1.00. The molecule has 0 unspecified atom stereocenters. The monoisotopic (exact) mass is 189 g/mol. The minimum atomic E-state index is -4.67. The fourth-order valence-corrected chi connectivity index (χ4v) is 0.0745. The van der Waals surface area contributed by atoms with Crippen LogP contribution >= 0.6 is 0 Å². The minimum absolute atomic E-state index is 0.135. The molecule has 0 rings (SSSR count). The molecule has 0 saturated heterocycles. The van der Waals surface area contributed by atoms with E-state index >= 15 is 0 Å². The van der Waals surface area contributed by atoms with Crippen molar-refractivity contribution >= 4 is 10.4 Å². The van der Waals surface area contributed by atoms with Crippen LogP contribution in [0.25, 0.3) is 0 Å². The van der Waals surface area contributed by atoms with Gasteiger partial charge >= 0.3 is 10.4 Å². The quantitative estimate of drug-likeness (QED) is 0.306. The lowest BCUT2D eigenvalue weighted by Gasteiger charge is -1.97. The summed E-state index contributed by atoms with van der Waals surface area (Å²) in [5.41, 5.74) is 4.87. The molecule has 0 spiro atoms. The van der Waals surface area contributed by atoms with Crippen LogP contribution in [0.1, 0.15) is 0 Å². The number of nitrogens with two attached hydrogens (primary N) is 1. The maximum atomic E-state index is 8.74. The molecular weight excluding hydrogens is 178 g/mol. The van der Waals surface area contributed by atoms with Gasteiger partial charge in [0.1, 0.15) is 0 Å². The largest absolute Gasteiger partial charge is 0.394 e. The highest BCUT2D eigenvalue weighted by Crippen LogP contribution is 1.69. The Morgan fingerprint density at radius 2 is 1.64 bits per heavy atom. The van der Waals surface area contributed by atoms with Crippen molar-refractivity contribution in [2.75, 3.05) is 13.2 Å². The molecule has 8 heteroatoms. The van der Waals surface area contributed by atoms with Crippen LogP contribution < -0.4 is 5.73 Å². The molecule has 6 N–H and O–H groups in total. The van der Waals surface area contributed by atoms with Crippen LogP contribution in [0.5, 0.6) is 0 Å². The second kappa shape index (κ2) is 6.46. The predicted octanol–water partition coefficient (Wildman–Crippen LogP) is -2.35. The van der Waals surface area contributed by atoms with Gasteiger partial charge in [-0.05, 0) is 0 Å². The van der Waals surface area contributed by atoms with Crippen LogP contribution in [0.15, 0.2) is 0 Å². The van der Waals surface area contributed by atoms with E-state index in [0.717, 1.165) is 0 Å². The summed E-state index contributed by atoms with van der Waals surface area (Å²) in [4.78, 5) is 0. The molecule has 70 valence electrons. The highest BCUT2D eigenvalue weighted by Gasteiger charge is 1.92. The van der Waals surface area contributed by atoms with E-state index in [-0.39, 0.29) is 13.2 Å². The van der Waals surface area contributed by atoms with Crippen LogP contribution in [0, 0.1) is 0 Å². The predicted molar refractivity (Wildman–Crippen MR) is 36.3 cm³/mol. The van der Waals surface area contributed by atoms with Crippen molar-refractivity contribution in [3.63, 3.8) is 0 Å². The van der Waals surface area contributed by atoms with Crippen LogP contribution in [-0.2, 0) is 10.4 Å². The molecule has 0 aromatic carbocycles.